The lowest BCUT2D eigenvalue weighted by Crippen LogP contribution is -2.65. The number of hydrogen-bond acceptors (Lipinski definition) is 7. The summed E-state index contributed by atoms with van der Waals surface area (Å²) in [4.78, 5) is 78.7. The van der Waals surface area contributed by atoms with Crippen molar-refractivity contribution in [1.29, 1.82) is 0 Å². The van der Waals surface area contributed by atoms with Crippen molar-refractivity contribution < 1.29 is 33.9 Å². The number of aliphatic carboxylic acids is 1. The van der Waals surface area contributed by atoms with E-state index in [-0.39, 0.29) is 30.9 Å². The largest absolute Gasteiger partial charge is 0.480 e. The Hall–Kier alpha value is -3.61. The molecule has 1 aromatic carbocycles. The number of urea groups is 1. The molecule has 3 N–H and O–H groups in total. The summed E-state index contributed by atoms with van der Waals surface area (Å²) in [5, 5.41) is 14.4. The molecule has 198 valence electrons. The molecule has 4 rings (SSSR count). The van der Waals surface area contributed by atoms with Gasteiger partial charge in [-0.05, 0) is 26.3 Å². The zero-order valence-electron chi connectivity index (χ0n) is 20.7. The Bertz CT molecular complexity index is 1140. The summed E-state index contributed by atoms with van der Waals surface area (Å²) in [7, 11) is 0. The maximum atomic E-state index is 13.2. The van der Waals surface area contributed by atoms with Crippen molar-refractivity contribution >= 4 is 47.4 Å². The zero-order valence-corrected chi connectivity index (χ0v) is 21.5. The molecule has 12 nitrogen and oxygen atoms in total. The summed E-state index contributed by atoms with van der Waals surface area (Å²) in [6.07, 6.45) is 0. The number of rotatable bonds is 7. The SMILES string of the molecule is CCN1CCN(C(=O)N[C@@H](C(=O)NC[C@@H]2C(=O)N3[C@@H]2SC(C)(C)[C@@H]3C(=O)O)c2ccccc2)C(=O)C1=O. The van der Waals surface area contributed by atoms with E-state index in [1.54, 1.807) is 51.1 Å². The first-order valence-corrected chi connectivity index (χ1v) is 12.8. The summed E-state index contributed by atoms with van der Waals surface area (Å²) in [5.41, 5.74) is 0.447. The minimum Gasteiger partial charge on any atom is -0.480 e. The Morgan fingerprint density at radius 3 is 2.41 bits per heavy atom. The molecular formula is C24H29N5O7S. The van der Waals surface area contributed by atoms with Gasteiger partial charge in [-0.1, -0.05) is 30.3 Å². The number of carbonyl (C=O) groups is 6. The second kappa shape index (κ2) is 10.0. The van der Waals surface area contributed by atoms with Crippen LogP contribution in [0.15, 0.2) is 30.3 Å². The van der Waals surface area contributed by atoms with Gasteiger partial charge in [0.1, 0.15) is 12.1 Å². The second-order valence-electron chi connectivity index (χ2n) is 9.58. The highest BCUT2D eigenvalue weighted by Gasteiger charge is 2.63. The smallest absolute Gasteiger partial charge is 0.327 e. The summed E-state index contributed by atoms with van der Waals surface area (Å²) >= 11 is 1.38. The number of hydrogen-bond donors (Lipinski definition) is 3. The van der Waals surface area contributed by atoms with Crippen molar-refractivity contribution in [3.05, 3.63) is 35.9 Å². The number of likely N-dealkylation sites (N-methyl/N-ethyl adjacent to an activating group) is 1. The molecule has 3 saturated heterocycles. The van der Waals surface area contributed by atoms with Gasteiger partial charge in [0.2, 0.25) is 11.8 Å². The maximum absolute atomic E-state index is 13.2. The molecule has 3 aliphatic rings. The molecule has 3 fully saturated rings. The first kappa shape index (κ1) is 26.5. The average Bonchev–Trinajstić information content (AvgIpc) is 3.12. The van der Waals surface area contributed by atoms with Gasteiger partial charge < -0.3 is 25.5 Å². The average molecular weight is 532 g/mol. The number of fused-ring (bicyclic) bond motifs is 1. The fourth-order valence-corrected chi connectivity index (χ4v) is 6.59. The Balaban J connectivity index is 1.44. The van der Waals surface area contributed by atoms with Gasteiger partial charge in [0.15, 0.2) is 0 Å². The molecule has 4 atom stereocenters. The zero-order chi connectivity index (χ0) is 27.1. The van der Waals surface area contributed by atoms with Crippen LogP contribution in [0.25, 0.3) is 0 Å². The maximum Gasteiger partial charge on any atom is 0.327 e. The lowest BCUT2D eigenvalue weighted by Gasteiger charge is -2.43. The van der Waals surface area contributed by atoms with E-state index < -0.39 is 52.5 Å². The predicted molar refractivity (Wildman–Crippen MR) is 132 cm³/mol. The third kappa shape index (κ3) is 4.75. The minimum atomic E-state index is -1.19. The van der Waals surface area contributed by atoms with Crippen LogP contribution in [0, 0.1) is 5.92 Å². The van der Waals surface area contributed by atoms with Crippen molar-refractivity contribution in [2.24, 2.45) is 5.92 Å². The summed E-state index contributed by atoms with van der Waals surface area (Å²) in [6, 6.07) is 5.37. The molecule has 0 aromatic heterocycles. The van der Waals surface area contributed by atoms with Crippen LogP contribution >= 0.6 is 11.8 Å². The molecular weight excluding hydrogens is 502 g/mol. The number of nitrogens with one attached hydrogen (secondary N) is 2. The fraction of sp³-hybridized carbons (Fsp3) is 0.500. The minimum absolute atomic E-state index is 0.000775. The van der Waals surface area contributed by atoms with Crippen LogP contribution in [0.1, 0.15) is 32.4 Å². The van der Waals surface area contributed by atoms with Gasteiger partial charge in [0.25, 0.3) is 0 Å². The molecule has 3 aliphatic heterocycles. The molecule has 0 saturated carbocycles. The number of nitrogens with zero attached hydrogens (tertiary/aromatic N) is 3. The molecule has 0 spiro atoms. The lowest BCUT2D eigenvalue weighted by molar-refractivity contribution is -0.163. The standard InChI is InChI=1S/C24H29N5O7S/c1-4-27-10-11-28(20(33)19(27)32)23(36)26-15(13-8-6-5-7-9-13)17(30)25-12-14-18(31)29-16(22(34)35)24(2,3)37-21(14)29/h5-9,14-16,21H,4,10-12H2,1-3H3,(H,25,30)(H,26,36)(H,34,35)/t14-,15-,16+,21-/m1/s1. The first-order valence-electron chi connectivity index (χ1n) is 11.9. The summed E-state index contributed by atoms with van der Waals surface area (Å²) in [6.45, 7) is 5.77. The van der Waals surface area contributed by atoms with E-state index in [4.69, 9.17) is 0 Å². The fourth-order valence-electron chi connectivity index (χ4n) is 4.91. The van der Waals surface area contributed by atoms with Crippen molar-refractivity contribution in [1.82, 2.24) is 25.3 Å². The van der Waals surface area contributed by atoms with E-state index in [2.05, 4.69) is 10.6 Å². The summed E-state index contributed by atoms with van der Waals surface area (Å²) < 4.78 is -0.683. The van der Waals surface area contributed by atoms with Crippen molar-refractivity contribution in [2.45, 2.75) is 43.0 Å². The molecule has 1 aromatic rings. The molecule has 0 unspecified atom stereocenters. The highest BCUT2D eigenvalue weighted by atomic mass is 32.2. The van der Waals surface area contributed by atoms with E-state index in [0.29, 0.717) is 12.1 Å². The van der Waals surface area contributed by atoms with Gasteiger partial charge >= 0.3 is 23.8 Å². The van der Waals surface area contributed by atoms with Gasteiger partial charge in [-0.15, -0.1) is 11.8 Å². The molecule has 0 bridgehead atoms. The number of benzene rings is 1. The van der Waals surface area contributed by atoms with E-state index in [9.17, 15) is 33.9 Å². The topological polar surface area (TPSA) is 156 Å². The van der Waals surface area contributed by atoms with E-state index in [1.165, 1.54) is 21.6 Å². The Kier molecular flexibility index (Phi) is 7.18. The van der Waals surface area contributed by atoms with Crippen molar-refractivity contribution in [3.63, 3.8) is 0 Å². The monoisotopic (exact) mass is 531 g/mol. The third-order valence-electron chi connectivity index (χ3n) is 6.88. The van der Waals surface area contributed by atoms with Crippen molar-refractivity contribution in [2.75, 3.05) is 26.2 Å². The number of amides is 6. The highest BCUT2D eigenvalue weighted by Crippen LogP contribution is 2.53. The van der Waals surface area contributed by atoms with Crippen LogP contribution in [0.3, 0.4) is 0 Å². The van der Waals surface area contributed by atoms with Crippen LogP contribution in [-0.4, -0.2) is 97.8 Å². The number of carboxylic acid groups (broad SMARTS) is 1. The van der Waals surface area contributed by atoms with E-state index >= 15 is 0 Å². The van der Waals surface area contributed by atoms with Crippen LogP contribution < -0.4 is 10.6 Å². The van der Waals surface area contributed by atoms with Gasteiger partial charge in [0.05, 0.1) is 11.3 Å². The molecule has 0 aliphatic carbocycles. The predicted octanol–water partition coefficient (Wildman–Crippen LogP) is 0.00730. The van der Waals surface area contributed by atoms with Crippen molar-refractivity contribution in [3.8, 4) is 0 Å². The molecule has 6 amide bonds. The number of carbonyl (C=O) groups excluding carboxylic acids is 5. The van der Waals surface area contributed by atoms with Gasteiger partial charge in [-0.2, -0.15) is 0 Å². The number of piperazine rings is 1. The molecule has 37 heavy (non-hydrogen) atoms. The number of thioether (sulfide) groups is 1. The van der Waals surface area contributed by atoms with Gasteiger partial charge in [-0.25, -0.2) is 9.59 Å². The molecule has 3 heterocycles. The van der Waals surface area contributed by atoms with E-state index in [0.717, 1.165) is 4.90 Å². The first-order chi connectivity index (χ1) is 17.5. The van der Waals surface area contributed by atoms with Crippen LogP contribution in [0.4, 0.5) is 4.79 Å². The van der Waals surface area contributed by atoms with Gasteiger partial charge in [-0.3, -0.25) is 24.1 Å². The number of carboxylic acids is 1. The molecule has 0 radical (unpaired) electrons. The quantitative estimate of drug-likeness (QED) is 0.328. The Morgan fingerprint density at radius 1 is 1.11 bits per heavy atom. The lowest BCUT2D eigenvalue weighted by atomic mass is 9.91. The van der Waals surface area contributed by atoms with Crippen LogP contribution in [0.2, 0.25) is 0 Å². The Morgan fingerprint density at radius 2 is 1.78 bits per heavy atom. The molecule has 13 heteroatoms. The number of imide groups is 1. The van der Waals surface area contributed by atoms with E-state index in [1.807, 2.05) is 0 Å². The summed E-state index contributed by atoms with van der Waals surface area (Å²) in [5.74, 6) is -4.38. The van der Waals surface area contributed by atoms with Crippen LogP contribution in [-0.2, 0) is 24.0 Å². The Labute approximate surface area is 217 Å². The number of β-lactam (4-membered cyclic amide) rings is 1. The normalized spacial score (nSPS) is 25.3. The second-order valence-corrected chi connectivity index (χ2v) is 11.4. The third-order valence-corrected chi connectivity index (χ3v) is 8.51. The van der Waals surface area contributed by atoms with Gasteiger partial charge in [0, 0.05) is 30.9 Å². The highest BCUT2D eigenvalue weighted by molar-refractivity contribution is 8.01. The van der Waals surface area contributed by atoms with Crippen LogP contribution in [0.5, 0.6) is 0 Å².